The molecule has 7 heteroatoms. The Morgan fingerprint density at radius 2 is 1.84 bits per heavy atom. The number of benzene rings is 3. The van der Waals surface area contributed by atoms with Crippen LogP contribution in [0.25, 0.3) is 11.4 Å². The summed E-state index contributed by atoms with van der Waals surface area (Å²) in [5, 5.41) is 10.3. The average molecular weight is 445 g/mol. The van der Waals surface area contributed by atoms with Crippen LogP contribution in [0, 0.1) is 0 Å². The zero-order chi connectivity index (χ0) is 22.3. The Morgan fingerprint density at radius 3 is 2.56 bits per heavy atom. The topological polar surface area (TPSA) is 79.9 Å². The van der Waals surface area contributed by atoms with Crippen LogP contribution in [0.15, 0.2) is 84.0 Å². The van der Waals surface area contributed by atoms with E-state index in [1.807, 2.05) is 60.7 Å². The molecule has 0 spiro atoms. The molecule has 1 heterocycles. The third-order valence-electron chi connectivity index (χ3n) is 5.00. The van der Waals surface area contributed by atoms with E-state index in [0.29, 0.717) is 22.4 Å². The second kappa shape index (κ2) is 10.2. The molecule has 1 aromatic heterocycles. The van der Waals surface area contributed by atoms with E-state index in [-0.39, 0.29) is 5.91 Å². The van der Waals surface area contributed by atoms with Crippen LogP contribution in [0.3, 0.4) is 0 Å². The van der Waals surface area contributed by atoms with Gasteiger partial charge in [-0.15, -0.1) is 5.10 Å². The zero-order valence-electron chi connectivity index (χ0n) is 17.9. The fraction of sp³-hybridized carbons (Fsp3) is 0.160. The summed E-state index contributed by atoms with van der Waals surface area (Å²) < 4.78 is 5.26. The first-order chi connectivity index (χ1) is 15.7. The number of nitrogens with zero attached hydrogens (tertiary/aromatic N) is 2. The third kappa shape index (κ3) is 5.18. The van der Waals surface area contributed by atoms with Gasteiger partial charge in [-0.05, 0) is 29.7 Å². The molecule has 4 aromatic rings. The van der Waals surface area contributed by atoms with E-state index in [0.717, 1.165) is 17.5 Å². The normalized spacial score (nSPS) is 11.7. The Bertz CT molecular complexity index is 1180. The molecule has 0 aliphatic heterocycles. The van der Waals surface area contributed by atoms with Gasteiger partial charge in [-0.2, -0.15) is 0 Å². The van der Waals surface area contributed by atoms with Crippen molar-refractivity contribution < 1.29 is 9.53 Å². The number of carbonyl (C=O) groups is 1. The molecule has 2 N–H and O–H groups in total. The molecule has 3 aromatic carbocycles. The number of carbonyl (C=O) groups excluding carboxylic acids is 1. The number of methoxy groups -OCH3 is 1. The van der Waals surface area contributed by atoms with E-state index in [1.165, 1.54) is 17.3 Å². The van der Waals surface area contributed by atoms with E-state index in [1.54, 1.807) is 13.2 Å². The minimum atomic E-state index is -0.520. The van der Waals surface area contributed by atoms with Crippen LogP contribution in [0.1, 0.15) is 23.3 Å². The van der Waals surface area contributed by atoms with Crippen molar-refractivity contribution in [3.05, 3.63) is 90.0 Å². The lowest BCUT2D eigenvalue weighted by atomic mass is 10.1. The predicted molar refractivity (Wildman–Crippen MR) is 128 cm³/mol. The fourth-order valence-electron chi connectivity index (χ4n) is 3.24. The molecule has 0 bridgehead atoms. The highest BCUT2D eigenvalue weighted by atomic mass is 32.2. The number of ether oxygens (including phenoxy) is 1. The van der Waals surface area contributed by atoms with Crippen LogP contribution in [-0.4, -0.2) is 28.2 Å². The van der Waals surface area contributed by atoms with Crippen LogP contribution in [-0.2, 0) is 11.2 Å². The summed E-state index contributed by atoms with van der Waals surface area (Å²) in [6.45, 7) is 2.12. The van der Waals surface area contributed by atoms with Crippen LogP contribution in [0.2, 0.25) is 0 Å². The van der Waals surface area contributed by atoms with Gasteiger partial charge in [0.15, 0.2) is 5.82 Å². The number of H-pyrrole nitrogens is 1. The standard InChI is InChI=1S/C25H24N4O2S/c1-3-17-12-14-19(15-13-17)23-27-25(29-28-23)32-22(18-8-5-4-6-9-18)24(30)26-20-10-7-11-21(16-20)31-2/h4-16,22H,3H2,1-2H3,(H,26,30)(H,27,28,29)/t22-/m1/s1. The number of aromatic nitrogens is 3. The van der Waals surface area contributed by atoms with Gasteiger partial charge < -0.3 is 10.1 Å². The largest absolute Gasteiger partial charge is 0.497 e. The molecule has 0 fully saturated rings. The summed E-state index contributed by atoms with van der Waals surface area (Å²) >= 11 is 1.31. The number of anilines is 1. The van der Waals surface area contributed by atoms with Crippen molar-refractivity contribution >= 4 is 23.4 Å². The molecule has 1 amide bonds. The second-order valence-electron chi connectivity index (χ2n) is 7.15. The summed E-state index contributed by atoms with van der Waals surface area (Å²) in [6.07, 6.45) is 0.985. The van der Waals surface area contributed by atoms with Crippen LogP contribution < -0.4 is 10.1 Å². The minimum Gasteiger partial charge on any atom is -0.497 e. The summed E-state index contributed by atoms with van der Waals surface area (Å²) in [5.41, 5.74) is 3.76. The summed E-state index contributed by atoms with van der Waals surface area (Å²) in [6, 6.07) is 25.1. The highest BCUT2D eigenvalue weighted by Crippen LogP contribution is 2.35. The molecule has 0 aliphatic rings. The number of amides is 1. The molecule has 0 unspecified atom stereocenters. The SMILES string of the molecule is CCc1ccc(-c2nc(S[C@@H](C(=O)Nc3cccc(OC)c3)c3ccccc3)n[nH]2)cc1. The van der Waals surface area contributed by atoms with Crippen molar-refractivity contribution in [1.29, 1.82) is 0 Å². The van der Waals surface area contributed by atoms with E-state index >= 15 is 0 Å². The first kappa shape index (κ1) is 21.6. The van der Waals surface area contributed by atoms with Crippen molar-refractivity contribution in [2.24, 2.45) is 0 Å². The molecule has 1 atom stereocenters. The van der Waals surface area contributed by atoms with E-state index in [4.69, 9.17) is 4.74 Å². The highest BCUT2D eigenvalue weighted by molar-refractivity contribution is 8.00. The number of hydrogen-bond donors (Lipinski definition) is 2. The average Bonchev–Trinajstić information content (AvgIpc) is 3.32. The molecule has 4 rings (SSSR count). The number of nitrogens with one attached hydrogen (secondary N) is 2. The molecular formula is C25H24N4O2S. The molecule has 0 saturated carbocycles. The van der Waals surface area contributed by atoms with Gasteiger partial charge in [0.05, 0.1) is 7.11 Å². The number of hydrogen-bond acceptors (Lipinski definition) is 5. The lowest BCUT2D eigenvalue weighted by molar-refractivity contribution is -0.115. The summed E-state index contributed by atoms with van der Waals surface area (Å²) in [4.78, 5) is 17.8. The van der Waals surface area contributed by atoms with Crippen molar-refractivity contribution in [2.45, 2.75) is 23.8 Å². The lowest BCUT2D eigenvalue weighted by Gasteiger charge is -2.16. The first-order valence-corrected chi connectivity index (χ1v) is 11.2. The van der Waals surface area contributed by atoms with Crippen molar-refractivity contribution in [2.75, 3.05) is 12.4 Å². The number of rotatable bonds is 8. The quantitative estimate of drug-likeness (QED) is 0.350. The Morgan fingerprint density at radius 1 is 1.06 bits per heavy atom. The smallest absolute Gasteiger partial charge is 0.242 e. The highest BCUT2D eigenvalue weighted by Gasteiger charge is 2.24. The number of aryl methyl sites for hydroxylation is 1. The summed E-state index contributed by atoms with van der Waals surface area (Å²) in [7, 11) is 1.60. The monoisotopic (exact) mass is 444 g/mol. The fourth-order valence-corrected chi connectivity index (χ4v) is 4.15. The van der Waals surface area contributed by atoms with E-state index in [9.17, 15) is 4.79 Å². The molecule has 0 saturated heterocycles. The maximum atomic E-state index is 13.2. The zero-order valence-corrected chi connectivity index (χ0v) is 18.7. The molecule has 0 aliphatic carbocycles. The van der Waals surface area contributed by atoms with Crippen molar-refractivity contribution in [1.82, 2.24) is 15.2 Å². The Hall–Kier alpha value is -3.58. The van der Waals surface area contributed by atoms with Crippen LogP contribution in [0.4, 0.5) is 5.69 Å². The molecule has 6 nitrogen and oxygen atoms in total. The van der Waals surface area contributed by atoms with Gasteiger partial charge in [0.1, 0.15) is 11.0 Å². The Labute approximate surface area is 191 Å². The van der Waals surface area contributed by atoms with Gasteiger partial charge in [0.2, 0.25) is 11.1 Å². The number of aromatic amines is 1. The van der Waals surface area contributed by atoms with Crippen LogP contribution >= 0.6 is 11.8 Å². The van der Waals surface area contributed by atoms with E-state index in [2.05, 4.69) is 39.6 Å². The van der Waals surface area contributed by atoms with Crippen LogP contribution in [0.5, 0.6) is 5.75 Å². The van der Waals surface area contributed by atoms with Crippen molar-refractivity contribution in [3.63, 3.8) is 0 Å². The molecule has 0 radical (unpaired) electrons. The Kier molecular flexibility index (Phi) is 6.87. The van der Waals surface area contributed by atoms with Gasteiger partial charge in [-0.1, -0.05) is 79.3 Å². The molecule has 32 heavy (non-hydrogen) atoms. The predicted octanol–water partition coefficient (Wildman–Crippen LogP) is 5.51. The number of thioether (sulfide) groups is 1. The molecular weight excluding hydrogens is 420 g/mol. The van der Waals surface area contributed by atoms with Crippen molar-refractivity contribution in [3.8, 4) is 17.1 Å². The summed E-state index contributed by atoms with van der Waals surface area (Å²) in [5.74, 6) is 1.20. The van der Waals surface area contributed by atoms with Gasteiger partial charge in [-0.3, -0.25) is 9.89 Å². The van der Waals surface area contributed by atoms with Gasteiger partial charge in [0.25, 0.3) is 0 Å². The van der Waals surface area contributed by atoms with E-state index < -0.39 is 5.25 Å². The second-order valence-corrected chi connectivity index (χ2v) is 8.22. The van der Waals surface area contributed by atoms with Gasteiger partial charge >= 0.3 is 0 Å². The lowest BCUT2D eigenvalue weighted by Crippen LogP contribution is -2.19. The maximum Gasteiger partial charge on any atom is 0.242 e. The maximum absolute atomic E-state index is 13.2. The third-order valence-corrected chi connectivity index (χ3v) is 6.12. The Balaban J connectivity index is 1.56. The van der Waals surface area contributed by atoms with Gasteiger partial charge in [-0.25, -0.2) is 4.98 Å². The molecule has 162 valence electrons. The van der Waals surface area contributed by atoms with Gasteiger partial charge in [0, 0.05) is 17.3 Å². The first-order valence-electron chi connectivity index (χ1n) is 10.3. The minimum absolute atomic E-state index is 0.159.